The summed E-state index contributed by atoms with van der Waals surface area (Å²) >= 11 is 0. The molecule has 0 spiro atoms. The third-order valence-electron chi connectivity index (χ3n) is 3.69. The van der Waals surface area contributed by atoms with E-state index in [0.29, 0.717) is 0 Å². The van der Waals surface area contributed by atoms with Gasteiger partial charge in [-0.15, -0.1) is 0 Å². The number of rotatable bonds is 3. The van der Waals surface area contributed by atoms with Gasteiger partial charge in [0.25, 0.3) is 0 Å². The van der Waals surface area contributed by atoms with Crippen LogP contribution in [0.25, 0.3) is 0 Å². The van der Waals surface area contributed by atoms with Crippen molar-refractivity contribution in [1.82, 2.24) is 16.1 Å². The predicted octanol–water partition coefficient (Wildman–Crippen LogP) is 1.20. The minimum atomic E-state index is 0.251. The Kier molecular flexibility index (Phi) is 3.27. The van der Waals surface area contributed by atoms with Gasteiger partial charge in [0.05, 0.1) is 5.69 Å². The molecule has 4 N–H and O–H groups in total. The Morgan fingerprint density at radius 2 is 2.00 bits per heavy atom. The molecular weight excluding hydrogens is 212 g/mol. The number of piperidine rings is 1. The summed E-state index contributed by atoms with van der Waals surface area (Å²) in [5.74, 6) is 0.811. The number of benzene rings is 1. The number of hydrogen-bond donors (Lipinski definition) is 4. The lowest BCUT2D eigenvalue weighted by atomic mass is 9.98. The van der Waals surface area contributed by atoms with Crippen LogP contribution in [0.1, 0.15) is 24.6 Å². The van der Waals surface area contributed by atoms with Gasteiger partial charge in [0.1, 0.15) is 6.17 Å². The Morgan fingerprint density at radius 3 is 2.88 bits per heavy atom. The van der Waals surface area contributed by atoms with Crippen LogP contribution in [-0.4, -0.2) is 19.6 Å². The second-order valence-corrected chi connectivity index (χ2v) is 4.89. The lowest BCUT2D eigenvalue weighted by molar-refractivity contribution is 0.334. The molecule has 1 atom stereocenters. The molecule has 2 aliphatic heterocycles. The zero-order valence-electron chi connectivity index (χ0n) is 10.00. The standard InChI is InChI=1S/C13H20N4/c1-2-4-12-11(3-1)13(17-16-12)15-9-10-5-7-14-8-6-10/h1-4,10,13-17H,5-9H2. The summed E-state index contributed by atoms with van der Waals surface area (Å²) in [4.78, 5) is 0. The van der Waals surface area contributed by atoms with Crippen molar-refractivity contribution in [2.75, 3.05) is 25.1 Å². The molecule has 2 aliphatic rings. The van der Waals surface area contributed by atoms with E-state index in [1.165, 1.54) is 37.2 Å². The molecule has 3 rings (SSSR count). The normalized spacial score (nSPS) is 24.4. The summed E-state index contributed by atoms with van der Waals surface area (Å²) in [7, 11) is 0. The maximum atomic E-state index is 3.61. The lowest BCUT2D eigenvalue weighted by Crippen LogP contribution is -2.38. The van der Waals surface area contributed by atoms with Crippen LogP contribution in [0.5, 0.6) is 0 Å². The van der Waals surface area contributed by atoms with E-state index < -0.39 is 0 Å². The maximum Gasteiger partial charge on any atom is 0.103 e. The van der Waals surface area contributed by atoms with Crippen LogP contribution in [-0.2, 0) is 0 Å². The average Bonchev–Trinajstić information content (AvgIpc) is 2.81. The van der Waals surface area contributed by atoms with Crippen molar-refractivity contribution in [2.24, 2.45) is 5.92 Å². The number of hydrogen-bond acceptors (Lipinski definition) is 4. The van der Waals surface area contributed by atoms with Gasteiger partial charge in [-0.1, -0.05) is 18.2 Å². The molecule has 1 unspecified atom stereocenters. The third kappa shape index (κ3) is 2.44. The van der Waals surface area contributed by atoms with E-state index in [1.54, 1.807) is 0 Å². The first kappa shape index (κ1) is 11.0. The Hall–Kier alpha value is -1.10. The van der Waals surface area contributed by atoms with Gasteiger partial charge in [-0.25, -0.2) is 5.43 Å². The number of anilines is 1. The van der Waals surface area contributed by atoms with Crippen LogP contribution < -0.4 is 21.5 Å². The van der Waals surface area contributed by atoms with E-state index >= 15 is 0 Å². The SMILES string of the molecule is c1ccc2c(c1)NNC2NCC1CCNCC1. The van der Waals surface area contributed by atoms with Crippen LogP contribution in [0.2, 0.25) is 0 Å². The van der Waals surface area contributed by atoms with Gasteiger partial charge in [-0.2, -0.15) is 0 Å². The van der Waals surface area contributed by atoms with Crippen molar-refractivity contribution in [3.63, 3.8) is 0 Å². The highest BCUT2D eigenvalue weighted by Gasteiger charge is 2.22. The van der Waals surface area contributed by atoms with Crippen molar-refractivity contribution in [3.8, 4) is 0 Å². The van der Waals surface area contributed by atoms with Gasteiger partial charge in [0, 0.05) is 5.56 Å². The minimum absolute atomic E-state index is 0.251. The molecule has 0 aliphatic carbocycles. The van der Waals surface area contributed by atoms with E-state index in [2.05, 4.69) is 45.8 Å². The fourth-order valence-electron chi connectivity index (χ4n) is 2.62. The van der Waals surface area contributed by atoms with Gasteiger partial charge in [0.15, 0.2) is 0 Å². The number of hydrazine groups is 1. The Morgan fingerprint density at radius 1 is 1.18 bits per heavy atom. The zero-order valence-corrected chi connectivity index (χ0v) is 10.00. The van der Waals surface area contributed by atoms with Gasteiger partial charge >= 0.3 is 0 Å². The molecule has 4 nitrogen and oxygen atoms in total. The van der Waals surface area contributed by atoms with Gasteiger partial charge in [-0.3, -0.25) is 5.32 Å². The van der Waals surface area contributed by atoms with E-state index in [9.17, 15) is 0 Å². The fraction of sp³-hybridized carbons (Fsp3) is 0.538. The van der Waals surface area contributed by atoms with E-state index in [-0.39, 0.29) is 6.17 Å². The molecule has 1 saturated heterocycles. The van der Waals surface area contributed by atoms with Crippen molar-refractivity contribution in [3.05, 3.63) is 29.8 Å². The monoisotopic (exact) mass is 232 g/mol. The average molecular weight is 232 g/mol. The molecule has 1 aromatic rings. The Bertz CT molecular complexity index is 373. The molecule has 0 aromatic heterocycles. The molecule has 0 radical (unpaired) electrons. The summed E-state index contributed by atoms with van der Waals surface area (Å²) in [6.45, 7) is 3.42. The number of para-hydroxylation sites is 1. The smallest absolute Gasteiger partial charge is 0.103 e. The molecule has 1 aromatic carbocycles. The highest BCUT2D eigenvalue weighted by atomic mass is 15.4. The zero-order chi connectivity index (χ0) is 11.5. The Labute approximate surface area is 102 Å². The van der Waals surface area contributed by atoms with Crippen LogP contribution in [0.3, 0.4) is 0 Å². The molecule has 0 saturated carbocycles. The summed E-state index contributed by atoms with van der Waals surface area (Å²) in [6, 6.07) is 8.42. The summed E-state index contributed by atoms with van der Waals surface area (Å²) in [6.07, 6.45) is 2.82. The quantitative estimate of drug-likeness (QED) is 0.632. The number of fused-ring (bicyclic) bond motifs is 1. The molecule has 0 bridgehead atoms. The highest BCUT2D eigenvalue weighted by molar-refractivity contribution is 5.55. The molecular formula is C13H20N4. The first-order chi connectivity index (χ1) is 8.43. The number of nitrogens with one attached hydrogen (secondary N) is 4. The van der Waals surface area contributed by atoms with Crippen molar-refractivity contribution >= 4 is 5.69 Å². The van der Waals surface area contributed by atoms with E-state index in [0.717, 1.165) is 12.5 Å². The van der Waals surface area contributed by atoms with Crippen LogP contribution in [0, 0.1) is 5.92 Å². The molecule has 0 amide bonds. The predicted molar refractivity (Wildman–Crippen MR) is 69.5 cm³/mol. The largest absolute Gasteiger partial charge is 0.319 e. The highest BCUT2D eigenvalue weighted by Crippen LogP contribution is 2.26. The van der Waals surface area contributed by atoms with Crippen molar-refractivity contribution in [1.29, 1.82) is 0 Å². The van der Waals surface area contributed by atoms with E-state index in [4.69, 9.17) is 0 Å². The van der Waals surface area contributed by atoms with Crippen LogP contribution >= 0.6 is 0 Å². The first-order valence-corrected chi connectivity index (χ1v) is 6.48. The van der Waals surface area contributed by atoms with Gasteiger partial charge in [-0.05, 0) is 44.5 Å². The molecule has 92 valence electrons. The third-order valence-corrected chi connectivity index (χ3v) is 3.69. The van der Waals surface area contributed by atoms with Gasteiger partial charge in [0.2, 0.25) is 0 Å². The molecule has 1 fully saturated rings. The van der Waals surface area contributed by atoms with E-state index in [1.807, 2.05) is 0 Å². The maximum absolute atomic E-state index is 3.61. The first-order valence-electron chi connectivity index (χ1n) is 6.48. The summed E-state index contributed by atoms with van der Waals surface area (Å²) in [5.41, 5.74) is 9.01. The summed E-state index contributed by atoms with van der Waals surface area (Å²) in [5, 5.41) is 7.01. The van der Waals surface area contributed by atoms with Crippen LogP contribution in [0.4, 0.5) is 5.69 Å². The molecule has 4 heteroatoms. The lowest BCUT2D eigenvalue weighted by Gasteiger charge is -2.24. The second kappa shape index (κ2) is 5.04. The molecule has 2 heterocycles. The van der Waals surface area contributed by atoms with Crippen molar-refractivity contribution < 1.29 is 0 Å². The molecule has 17 heavy (non-hydrogen) atoms. The van der Waals surface area contributed by atoms with Crippen LogP contribution in [0.15, 0.2) is 24.3 Å². The Balaban J connectivity index is 1.56. The fourth-order valence-corrected chi connectivity index (χ4v) is 2.62. The van der Waals surface area contributed by atoms with Gasteiger partial charge < -0.3 is 10.7 Å². The second-order valence-electron chi connectivity index (χ2n) is 4.89. The van der Waals surface area contributed by atoms with Crippen molar-refractivity contribution in [2.45, 2.75) is 19.0 Å². The topological polar surface area (TPSA) is 48.1 Å². The summed E-state index contributed by atoms with van der Waals surface area (Å²) < 4.78 is 0. The minimum Gasteiger partial charge on any atom is -0.319 e.